The van der Waals surface area contributed by atoms with Gasteiger partial charge in [0, 0.05) is 6.20 Å². The van der Waals surface area contributed by atoms with E-state index in [1.54, 1.807) is 18.3 Å². The van der Waals surface area contributed by atoms with Crippen LogP contribution in [-0.4, -0.2) is 16.6 Å². The minimum atomic E-state index is -0.0311. The number of rotatable bonds is 5. The third kappa shape index (κ3) is 3.99. The Bertz CT molecular complexity index is 574. The Morgan fingerprint density at radius 2 is 2.05 bits per heavy atom. The van der Waals surface area contributed by atoms with Crippen molar-refractivity contribution in [3.63, 3.8) is 0 Å². The van der Waals surface area contributed by atoms with Gasteiger partial charge < -0.3 is 11.1 Å². The number of nitrogens with zero attached hydrogens (tertiary/aromatic N) is 1. The van der Waals surface area contributed by atoms with E-state index < -0.39 is 0 Å². The largest absolute Gasteiger partial charge is 0.397 e. The quantitative estimate of drug-likeness (QED) is 0.830. The van der Waals surface area contributed by atoms with Gasteiger partial charge in [-0.1, -0.05) is 42.1 Å². The van der Waals surface area contributed by atoms with Gasteiger partial charge in [-0.15, -0.1) is 0 Å². The summed E-state index contributed by atoms with van der Waals surface area (Å²) in [7, 11) is 0. The normalized spacial score (nSPS) is 11.8. The second-order valence-corrected chi connectivity index (χ2v) is 5.35. The summed E-state index contributed by atoms with van der Waals surface area (Å²) < 4.78 is 0. The second-order valence-electron chi connectivity index (χ2n) is 4.39. The SMILES string of the molecule is CC(NC(=O)CSc1ncccc1N)c1ccccc1. The minimum absolute atomic E-state index is 0.00891. The van der Waals surface area contributed by atoms with Crippen LogP contribution in [0.25, 0.3) is 0 Å². The van der Waals surface area contributed by atoms with Gasteiger partial charge in [0.1, 0.15) is 5.03 Å². The molecule has 3 N–H and O–H groups in total. The van der Waals surface area contributed by atoms with Crippen LogP contribution < -0.4 is 11.1 Å². The smallest absolute Gasteiger partial charge is 0.230 e. The molecule has 0 fully saturated rings. The van der Waals surface area contributed by atoms with E-state index >= 15 is 0 Å². The summed E-state index contributed by atoms with van der Waals surface area (Å²) in [6, 6.07) is 13.4. The number of nitrogen functional groups attached to an aromatic ring is 1. The van der Waals surface area contributed by atoms with Gasteiger partial charge in [-0.05, 0) is 24.6 Å². The monoisotopic (exact) mass is 287 g/mol. The molecule has 0 aliphatic rings. The summed E-state index contributed by atoms with van der Waals surface area (Å²) in [6.45, 7) is 1.97. The zero-order valence-corrected chi connectivity index (χ0v) is 12.1. The highest BCUT2D eigenvalue weighted by atomic mass is 32.2. The van der Waals surface area contributed by atoms with Crippen molar-refractivity contribution in [2.24, 2.45) is 0 Å². The lowest BCUT2D eigenvalue weighted by atomic mass is 10.1. The number of hydrogen-bond donors (Lipinski definition) is 2. The summed E-state index contributed by atoms with van der Waals surface area (Å²) in [5.74, 6) is 0.273. The fraction of sp³-hybridized carbons (Fsp3) is 0.200. The van der Waals surface area contributed by atoms with Gasteiger partial charge in [-0.25, -0.2) is 4.98 Å². The number of anilines is 1. The Hall–Kier alpha value is -2.01. The van der Waals surface area contributed by atoms with Crippen molar-refractivity contribution < 1.29 is 4.79 Å². The zero-order valence-electron chi connectivity index (χ0n) is 11.2. The number of benzene rings is 1. The molecule has 1 amide bonds. The number of aromatic nitrogens is 1. The number of thioether (sulfide) groups is 1. The van der Waals surface area contributed by atoms with E-state index in [4.69, 9.17) is 5.73 Å². The van der Waals surface area contributed by atoms with Crippen molar-refractivity contribution in [2.75, 3.05) is 11.5 Å². The number of nitrogens with two attached hydrogens (primary N) is 1. The lowest BCUT2D eigenvalue weighted by Crippen LogP contribution is -2.28. The first-order valence-corrected chi connectivity index (χ1v) is 7.33. The molecule has 0 saturated heterocycles. The van der Waals surface area contributed by atoms with Crippen LogP contribution in [0.1, 0.15) is 18.5 Å². The lowest BCUT2D eigenvalue weighted by Gasteiger charge is -2.14. The highest BCUT2D eigenvalue weighted by molar-refractivity contribution is 8.00. The summed E-state index contributed by atoms with van der Waals surface area (Å²) in [5.41, 5.74) is 7.47. The molecule has 20 heavy (non-hydrogen) atoms. The van der Waals surface area contributed by atoms with Gasteiger partial charge >= 0.3 is 0 Å². The molecule has 104 valence electrons. The van der Waals surface area contributed by atoms with Crippen LogP contribution in [0.2, 0.25) is 0 Å². The molecule has 5 heteroatoms. The summed E-state index contributed by atoms with van der Waals surface area (Å²) in [5, 5.41) is 3.65. The van der Waals surface area contributed by atoms with Gasteiger partial charge in [0.05, 0.1) is 17.5 Å². The fourth-order valence-electron chi connectivity index (χ4n) is 1.77. The molecule has 4 nitrogen and oxygen atoms in total. The van der Waals surface area contributed by atoms with Crippen molar-refractivity contribution in [1.29, 1.82) is 0 Å². The van der Waals surface area contributed by atoms with Crippen molar-refractivity contribution in [2.45, 2.75) is 18.0 Å². The summed E-state index contributed by atoms with van der Waals surface area (Å²) in [6.07, 6.45) is 1.67. The van der Waals surface area contributed by atoms with E-state index in [9.17, 15) is 4.79 Å². The number of carbonyl (C=O) groups excluding carboxylic acids is 1. The molecule has 0 aliphatic carbocycles. The third-order valence-corrected chi connectivity index (χ3v) is 3.84. The maximum absolute atomic E-state index is 11.9. The highest BCUT2D eigenvalue weighted by Crippen LogP contribution is 2.21. The van der Waals surface area contributed by atoms with E-state index in [1.165, 1.54) is 11.8 Å². The molecule has 0 radical (unpaired) electrons. The Morgan fingerprint density at radius 3 is 2.75 bits per heavy atom. The molecule has 1 heterocycles. The zero-order chi connectivity index (χ0) is 14.4. The average molecular weight is 287 g/mol. The van der Waals surface area contributed by atoms with Crippen LogP contribution in [0.15, 0.2) is 53.7 Å². The fourth-order valence-corrected chi connectivity index (χ4v) is 2.49. The maximum atomic E-state index is 11.9. The van der Waals surface area contributed by atoms with Crippen molar-refractivity contribution in [3.05, 3.63) is 54.2 Å². The Balaban J connectivity index is 1.86. The maximum Gasteiger partial charge on any atom is 0.230 e. The van der Waals surface area contributed by atoms with Crippen molar-refractivity contribution in [3.8, 4) is 0 Å². The molecule has 2 rings (SSSR count). The molecule has 0 bridgehead atoms. The van der Waals surface area contributed by atoms with E-state index in [2.05, 4.69) is 10.3 Å². The van der Waals surface area contributed by atoms with Crippen LogP contribution in [0.4, 0.5) is 5.69 Å². The average Bonchev–Trinajstić information content (AvgIpc) is 2.47. The van der Waals surface area contributed by atoms with Crippen molar-refractivity contribution >= 4 is 23.4 Å². The van der Waals surface area contributed by atoms with Crippen LogP contribution in [-0.2, 0) is 4.79 Å². The van der Waals surface area contributed by atoms with Crippen LogP contribution in [0, 0.1) is 0 Å². The van der Waals surface area contributed by atoms with Gasteiger partial charge in [0.15, 0.2) is 0 Å². The first-order valence-electron chi connectivity index (χ1n) is 6.34. The predicted octanol–water partition coefficient (Wildman–Crippen LogP) is 2.63. The summed E-state index contributed by atoms with van der Waals surface area (Å²) >= 11 is 1.34. The lowest BCUT2D eigenvalue weighted by molar-refractivity contribution is -0.119. The highest BCUT2D eigenvalue weighted by Gasteiger charge is 2.10. The van der Waals surface area contributed by atoms with Crippen LogP contribution >= 0.6 is 11.8 Å². The molecule has 2 aromatic rings. The number of pyridine rings is 1. The minimum Gasteiger partial charge on any atom is -0.397 e. The van der Waals surface area contributed by atoms with Gasteiger partial charge in [0.2, 0.25) is 5.91 Å². The molecule has 0 aliphatic heterocycles. The second kappa shape index (κ2) is 6.96. The van der Waals surface area contributed by atoms with E-state index in [1.807, 2.05) is 37.3 Å². The topological polar surface area (TPSA) is 68.0 Å². The first-order chi connectivity index (χ1) is 9.66. The molecular formula is C15H17N3OS. The standard InChI is InChI=1S/C15H17N3OS/c1-11(12-6-3-2-4-7-12)18-14(19)10-20-15-13(16)8-5-9-17-15/h2-9,11H,10,16H2,1H3,(H,18,19). The third-order valence-electron chi connectivity index (χ3n) is 2.82. The Kier molecular flexibility index (Phi) is 5.01. The molecule has 1 aromatic heterocycles. The Morgan fingerprint density at radius 1 is 1.30 bits per heavy atom. The molecule has 1 atom stereocenters. The molecule has 0 spiro atoms. The molecular weight excluding hydrogens is 270 g/mol. The van der Waals surface area contributed by atoms with E-state index in [0.29, 0.717) is 16.5 Å². The molecule has 1 unspecified atom stereocenters. The number of nitrogens with one attached hydrogen (secondary N) is 1. The van der Waals surface area contributed by atoms with Crippen molar-refractivity contribution in [1.82, 2.24) is 10.3 Å². The van der Waals surface area contributed by atoms with Gasteiger partial charge in [-0.2, -0.15) is 0 Å². The number of carbonyl (C=O) groups is 1. The molecule has 0 saturated carbocycles. The van der Waals surface area contributed by atoms with Gasteiger partial charge in [-0.3, -0.25) is 4.79 Å². The van der Waals surface area contributed by atoms with E-state index in [0.717, 1.165) is 5.56 Å². The van der Waals surface area contributed by atoms with Crippen LogP contribution in [0.3, 0.4) is 0 Å². The van der Waals surface area contributed by atoms with E-state index in [-0.39, 0.29) is 11.9 Å². The summed E-state index contributed by atoms with van der Waals surface area (Å²) in [4.78, 5) is 16.1. The first kappa shape index (κ1) is 14.4. The predicted molar refractivity (Wildman–Crippen MR) is 82.4 cm³/mol. The number of amides is 1. The molecule has 1 aromatic carbocycles. The number of hydrogen-bond acceptors (Lipinski definition) is 4. The van der Waals surface area contributed by atoms with Gasteiger partial charge in [0.25, 0.3) is 0 Å². The Labute approximate surface area is 122 Å². The van der Waals surface area contributed by atoms with Crippen LogP contribution in [0.5, 0.6) is 0 Å².